The average Bonchev–Trinajstić information content (AvgIpc) is 3.05. The maximum Gasteiger partial charge on any atom is 0.320 e. The van der Waals surface area contributed by atoms with Crippen molar-refractivity contribution >= 4 is 45.6 Å². The van der Waals surface area contributed by atoms with Crippen LogP contribution in [0, 0.1) is 23.7 Å². The van der Waals surface area contributed by atoms with Gasteiger partial charge >= 0.3 is 17.9 Å². The Morgan fingerprint density at radius 3 is 2.00 bits per heavy atom. The molecule has 1 amide bonds. The number of unbranched alkanes of at least 4 members (excludes halogenated alkanes) is 3. The lowest BCUT2D eigenvalue weighted by Gasteiger charge is -2.31. The first-order chi connectivity index (χ1) is 22.9. The first kappa shape index (κ1) is 40.9. The minimum atomic E-state index is -3.67. The van der Waals surface area contributed by atoms with E-state index in [0.717, 1.165) is 25.7 Å². The maximum absolute atomic E-state index is 13.3. The number of hydrogen-bond donors (Lipinski definition) is 1. The zero-order valence-corrected chi connectivity index (χ0v) is 30.2. The summed E-state index contributed by atoms with van der Waals surface area (Å²) < 4.78 is 43.0. The summed E-state index contributed by atoms with van der Waals surface area (Å²) in [5, 5.41) is 4.17. The van der Waals surface area contributed by atoms with Crippen LogP contribution in [0.2, 0.25) is 0 Å². The van der Waals surface area contributed by atoms with Crippen molar-refractivity contribution in [2.75, 3.05) is 38.7 Å². The van der Waals surface area contributed by atoms with E-state index in [-0.39, 0.29) is 36.9 Å². The Morgan fingerprint density at radius 1 is 0.875 bits per heavy atom. The van der Waals surface area contributed by atoms with Crippen LogP contribution in [-0.4, -0.2) is 70.0 Å². The third-order valence-electron chi connectivity index (χ3n) is 8.62. The van der Waals surface area contributed by atoms with Crippen molar-refractivity contribution in [2.24, 2.45) is 23.7 Å². The molecule has 1 aliphatic carbocycles. The van der Waals surface area contributed by atoms with Crippen LogP contribution in [0.5, 0.6) is 0 Å². The molecule has 1 saturated carbocycles. The van der Waals surface area contributed by atoms with Crippen LogP contribution in [-0.2, 0) is 43.4 Å². The van der Waals surface area contributed by atoms with Crippen molar-refractivity contribution in [2.45, 2.75) is 98.3 Å². The van der Waals surface area contributed by atoms with Crippen LogP contribution in [0.25, 0.3) is 6.08 Å². The second-order valence-electron chi connectivity index (χ2n) is 12.7. The van der Waals surface area contributed by atoms with Crippen molar-refractivity contribution in [3.8, 4) is 0 Å². The fourth-order valence-electron chi connectivity index (χ4n) is 5.88. The van der Waals surface area contributed by atoms with Gasteiger partial charge in [0.15, 0.2) is 5.92 Å². The number of nitrogens with one attached hydrogen (secondary N) is 1. The molecule has 0 saturated heterocycles. The van der Waals surface area contributed by atoms with Crippen molar-refractivity contribution in [1.82, 2.24) is 4.31 Å². The van der Waals surface area contributed by atoms with Gasteiger partial charge in [-0.3, -0.25) is 19.2 Å². The zero-order chi connectivity index (χ0) is 35.5. The molecule has 1 aliphatic rings. The molecule has 0 spiro atoms. The van der Waals surface area contributed by atoms with E-state index < -0.39 is 27.9 Å². The van der Waals surface area contributed by atoms with Gasteiger partial charge in [-0.25, -0.2) is 8.42 Å². The normalized spacial score (nSPS) is 16.8. The number of rotatable bonds is 21. The summed E-state index contributed by atoms with van der Waals surface area (Å²) in [5.74, 6) is -2.47. The third-order valence-corrected chi connectivity index (χ3v) is 10.2. The first-order valence-electron chi connectivity index (χ1n) is 17.4. The molecule has 0 atom stereocenters. The Labute approximate surface area is 287 Å². The minimum Gasteiger partial charge on any atom is -0.469 e. The van der Waals surface area contributed by atoms with E-state index in [1.54, 1.807) is 44.2 Å². The van der Waals surface area contributed by atoms with Gasteiger partial charge in [-0.1, -0.05) is 45.2 Å². The molecule has 11 nitrogen and oxygen atoms in total. The highest BCUT2D eigenvalue weighted by Crippen LogP contribution is 2.35. The number of esters is 3. The molecular weight excluding hydrogens is 636 g/mol. The summed E-state index contributed by atoms with van der Waals surface area (Å²) in [6, 6.07) is 6.97. The first-order valence-corrected chi connectivity index (χ1v) is 18.9. The van der Waals surface area contributed by atoms with E-state index in [9.17, 15) is 27.6 Å². The van der Waals surface area contributed by atoms with Crippen LogP contribution >= 0.6 is 0 Å². The maximum atomic E-state index is 13.3. The van der Waals surface area contributed by atoms with Gasteiger partial charge in [0.2, 0.25) is 15.9 Å². The minimum absolute atomic E-state index is 0.136. The summed E-state index contributed by atoms with van der Waals surface area (Å²) in [6.45, 7) is 8.86. The van der Waals surface area contributed by atoms with Crippen molar-refractivity contribution < 1.29 is 41.8 Å². The van der Waals surface area contributed by atoms with Gasteiger partial charge in [-0.15, -0.1) is 0 Å². The number of sulfonamides is 1. The number of benzene rings is 1. The summed E-state index contributed by atoms with van der Waals surface area (Å²) >= 11 is 0. The molecule has 0 aliphatic heterocycles. The van der Waals surface area contributed by atoms with Crippen molar-refractivity contribution in [3.05, 3.63) is 35.2 Å². The number of carbonyl (C=O) groups is 4. The molecule has 0 unspecified atom stereocenters. The highest BCUT2D eigenvalue weighted by Gasteiger charge is 2.40. The SMILES string of the molecule is CCOC(=O)C(C(=O)OCC)C1CCC(C(=O)Nc2ccc(/C=C/S(=O)(=O)N(CCCCCC(=O)OC)CCCCC(C)C)cc2)CC1. The van der Waals surface area contributed by atoms with Crippen LogP contribution < -0.4 is 5.32 Å². The van der Waals surface area contributed by atoms with Gasteiger partial charge in [0.25, 0.3) is 0 Å². The van der Waals surface area contributed by atoms with Crippen LogP contribution in [0.4, 0.5) is 5.69 Å². The van der Waals surface area contributed by atoms with Gasteiger partial charge in [0.05, 0.1) is 20.3 Å². The van der Waals surface area contributed by atoms with Crippen LogP contribution in [0.15, 0.2) is 29.7 Å². The smallest absolute Gasteiger partial charge is 0.320 e. The largest absolute Gasteiger partial charge is 0.469 e. The molecule has 270 valence electrons. The number of nitrogens with zero attached hydrogens (tertiary/aromatic N) is 1. The summed E-state index contributed by atoms with van der Waals surface area (Å²) in [5.41, 5.74) is 1.27. The molecule has 0 radical (unpaired) electrons. The highest BCUT2D eigenvalue weighted by atomic mass is 32.2. The standard InChI is InChI=1S/C36H56N2O9S/c1-6-46-35(41)33(36(42)47-7-2)29-17-19-30(20-18-29)34(40)37-31-21-15-28(16-22-31)23-26-48(43,44)38(25-12-10-13-27(3)4)24-11-8-9-14-32(39)45-5/h15-16,21-23,26-27,29-30,33H,6-14,17-20,24-25H2,1-5H3,(H,37,40)/b26-23+. The number of carbonyl (C=O) groups excluding carboxylic acids is 4. The predicted molar refractivity (Wildman–Crippen MR) is 186 cm³/mol. The molecule has 1 N–H and O–H groups in total. The molecule has 1 fully saturated rings. The van der Waals surface area contributed by atoms with Crippen molar-refractivity contribution in [1.29, 1.82) is 0 Å². The Bertz CT molecular complexity index is 1270. The lowest BCUT2D eigenvalue weighted by molar-refractivity contribution is -0.165. The quantitative estimate of drug-likeness (QED) is 0.0676. The summed E-state index contributed by atoms with van der Waals surface area (Å²) in [6.07, 6.45) is 8.81. The Hall–Kier alpha value is -3.25. The monoisotopic (exact) mass is 692 g/mol. The molecule has 1 aromatic carbocycles. The van der Waals surface area contributed by atoms with Gasteiger partial charge in [-0.05, 0) is 94.4 Å². The van der Waals surface area contributed by atoms with Gasteiger partial charge in [0, 0.05) is 36.5 Å². The molecule has 0 bridgehead atoms. The fraction of sp³-hybridized carbons (Fsp3) is 0.667. The van der Waals surface area contributed by atoms with Gasteiger partial charge in [-0.2, -0.15) is 4.31 Å². The van der Waals surface area contributed by atoms with E-state index in [1.165, 1.54) is 16.8 Å². The Balaban J connectivity index is 1.96. The predicted octanol–water partition coefficient (Wildman–Crippen LogP) is 6.34. The van der Waals surface area contributed by atoms with Gasteiger partial charge < -0.3 is 19.5 Å². The summed E-state index contributed by atoms with van der Waals surface area (Å²) in [4.78, 5) is 49.4. The zero-order valence-electron chi connectivity index (χ0n) is 29.4. The van der Waals surface area contributed by atoms with E-state index in [2.05, 4.69) is 23.9 Å². The molecule has 2 rings (SSSR count). The van der Waals surface area contributed by atoms with Gasteiger partial charge in [0.1, 0.15) is 0 Å². The van der Waals surface area contributed by atoms with E-state index >= 15 is 0 Å². The number of methoxy groups -OCH3 is 1. The second-order valence-corrected chi connectivity index (χ2v) is 14.5. The Morgan fingerprint density at radius 2 is 1.46 bits per heavy atom. The number of hydrogen-bond acceptors (Lipinski definition) is 9. The summed E-state index contributed by atoms with van der Waals surface area (Å²) in [7, 11) is -2.31. The molecular formula is C36H56N2O9S. The van der Waals surface area contributed by atoms with E-state index in [1.807, 2.05) is 0 Å². The van der Waals surface area contributed by atoms with Crippen molar-refractivity contribution in [3.63, 3.8) is 0 Å². The lowest BCUT2D eigenvalue weighted by Crippen LogP contribution is -2.38. The fourth-order valence-corrected chi connectivity index (χ4v) is 7.14. The molecule has 1 aromatic rings. The molecule has 0 heterocycles. The number of amides is 1. The third kappa shape index (κ3) is 14.5. The average molecular weight is 693 g/mol. The van der Waals surface area contributed by atoms with Crippen LogP contribution in [0.3, 0.4) is 0 Å². The lowest BCUT2D eigenvalue weighted by atomic mass is 9.75. The molecule has 12 heteroatoms. The molecule has 0 aromatic heterocycles. The Kier molecular flexibility index (Phi) is 18.5. The van der Waals surface area contributed by atoms with E-state index in [4.69, 9.17) is 9.47 Å². The number of anilines is 1. The van der Waals surface area contributed by atoms with E-state index in [0.29, 0.717) is 75.2 Å². The highest BCUT2D eigenvalue weighted by molar-refractivity contribution is 7.92. The second kappa shape index (κ2) is 21.7. The van der Waals surface area contributed by atoms with Crippen LogP contribution in [0.1, 0.15) is 104 Å². The molecule has 48 heavy (non-hydrogen) atoms. The topological polar surface area (TPSA) is 145 Å². The number of ether oxygens (including phenoxy) is 3.